The van der Waals surface area contributed by atoms with Crippen LogP contribution < -0.4 is 5.32 Å². The quantitative estimate of drug-likeness (QED) is 0.800. The van der Waals surface area contributed by atoms with Gasteiger partial charge >= 0.3 is 0 Å². The van der Waals surface area contributed by atoms with Crippen molar-refractivity contribution in [2.45, 2.75) is 36.6 Å². The maximum Gasteiger partial charge on any atom is 0.243 e. The zero-order valence-electron chi connectivity index (χ0n) is 15.0. The fourth-order valence-corrected chi connectivity index (χ4v) is 5.01. The van der Waals surface area contributed by atoms with Gasteiger partial charge in [-0.25, -0.2) is 8.42 Å². The van der Waals surface area contributed by atoms with Crippen molar-refractivity contribution in [3.63, 3.8) is 0 Å². The molecule has 0 bridgehead atoms. The van der Waals surface area contributed by atoms with Gasteiger partial charge in [0.15, 0.2) is 0 Å². The highest BCUT2D eigenvalue weighted by Gasteiger charge is 2.36. The van der Waals surface area contributed by atoms with Crippen molar-refractivity contribution in [2.75, 3.05) is 13.1 Å². The topological polar surface area (TPSA) is 66.5 Å². The molecule has 5 nitrogen and oxygen atoms in total. The minimum atomic E-state index is -3.82. The lowest BCUT2D eigenvalue weighted by molar-refractivity contribution is -0.124. The van der Waals surface area contributed by atoms with Gasteiger partial charge in [0.1, 0.15) is 6.04 Å². The molecule has 3 rings (SSSR count). The molecule has 1 saturated heterocycles. The van der Waals surface area contributed by atoms with E-state index in [0.29, 0.717) is 24.4 Å². The number of hydrogen-bond donors (Lipinski definition) is 1. The summed E-state index contributed by atoms with van der Waals surface area (Å²) in [5, 5.41) is 3.31. The molecule has 0 saturated carbocycles. The SMILES string of the molecule is O=C1NCCCCC1N(CCc1ccccc1)S(=O)(=O)c1ccc(Cl)cc1. The van der Waals surface area contributed by atoms with E-state index >= 15 is 0 Å². The van der Waals surface area contributed by atoms with Crippen LogP contribution in [0.5, 0.6) is 0 Å². The van der Waals surface area contributed by atoms with E-state index in [-0.39, 0.29) is 17.3 Å². The summed E-state index contributed by atoms with van der Waals surface area (Å²) < 4.78 is 28.0. The molecule has 0 radical (unpaired) electrons. The zero-order valence-corrected chi connectivity index (χ0v) is 16.5. The van der Waals surface area contributed by atoms with Gasteiger partial charge in [0.25, 0.3) is 0 Å². The Hall–Kier alpha value is -1.89. The number of nitrogens with zero attached hydrogens (tertiary/aromatic N) is 1. The summed E-state index contributed by atoms with van der Waals surface area (Å²) >= 11 is 5.90. The molecular formula is C20H23ClN2O3S. The normalized spacial score (nSPS) is 18.1. The van der Waals surface area contributed by atoms with Crippen LogP contribution in [-0.4, -0.2) is 37.8 Å². The van der Waals surface area contributed by atoms with Crippen LogP contribution in [0.4, 0.5) is 0 Å². The number of amides is 1. The highest BCUT2D eigenvalue weighted by Crippen LogP contribution is 2.24. The number of sulfonamides is 1. The summed E-state index contributed by atoms with van der Waals surface area (Å²) in [5.74, 6) is -0.224. The molecule has 1 unspecified atom stereocenters. The summed E-state index contributed by atoms with van der Waals surface area (Å²) in [7, 11) is -3.82. The number of benzene rings is 2. The minimum absolute atomic E-state index is 0.150. The van der Waals surface area contributed by atoms with Crippen LogP contribution in [0, 0.1) is 0 Å². The highest BCUT2D eigenvalue weighted by atomic mass is 35.5. The Bertz CT molecular complexity index is 870. The van der Waals surface area contributed by atoms with E-state index in [9.17, 15) is 13.2 Å². The number of carbonyl (C=O) groups excluding carboxylic acids is 1. The molecule has 7 heteroatoms. The molecule has 0 aliphatic carbocycles. The minimum Gasteiger partial charge on any atom is -0.355 e. The zero-order chi connectivity index (χ0) is 19.3. The van der Waals surface area contributed by atoms with Crippen LogP contribution in [0.3, 0.4) is 0 Å². The molecule has 0 spiro atoms. The lowest BCUT2D eigenvalue weighted by Gasteiger charge is -2.29. The van der Waals surface area contributed by atoms with Gasteiger partial charge in [0.2, 0.25) is 15.9 Å². The van der Waals surface area contributed by atoms with Crippen LogP contribution in [0.2, 0.25) is 5.02 Å². The van der Waals surface area contributed by atoms with E-state index in [0.717, 1.165) is 18.4 Å². The molecule has 1 atom stereocenters. The molecule has 1 aliphatic heterocycles. The molecule has 2 aromatic carbocycles. The molecule has 2 aromatic rings. The Morgan fingerprint density at radius 3 is 2.44 bits per heavy atom. The average molecular weight is 407 g/mol. The third-order valence-electron chi connectivity index (χ3n) is 4.74. The molecule has 1 amide bonds. The molecule has 144 valence electrons. The molecule has 1 heterocycles. The first-order valence-electron chi connectivity index (χ1n) is 9.07. The number of rotatable bonds is 6. The van der Waals surface area contributed by atoms with Crippen molar-refractivity contribution in [3.05, 3.63) is 65.2 Å². The van der Waals surface area contributed by atoms with E-state index in [1.165, 1.54) is 16.4 Å². The number of halogens is 1. The highest BCUT2D eigenvalue weighted by molar-refractivity contribution is 7.89. The fourth-order valence-electron chi connectivity index (χ4n) is 3.27. The monoisotopic (exact) mass is 406 g/mol. The van der Waals surface area contributed by atoms with Gasteiger partial charge in [-0.05, 0) is 55.5 Å². The Labute approximate surface area is 165 Å². The summed E-state index contributed by atoms with van der Waals surface area (Å²) in [6.45, 7) is 0.829. The molecule has 1 aliphatic rings. The largest absolute Gasteiger partial charge is 0.355 e. The first-order valence-corrected chi connectivity index (χ1v) is 10.9. The van der Waals surface area contributed by atoms with Gasteiger partial charge < -0.3 is 5.32 Å². The molecule has 1 N–H and O–H groups in total. The number of hydrogen-bond acceptors (Lipinski definition) is 3. The molecule has 0 aromatic heterocycles. The van der Waals surface area contributed by atoms with Crippen molar-refractivity contribution >= 4 is 27.5 Å². The van der Waals surface area contributed by atoms with E-state index in [4.69, 9.17) is 11.6 Å². The third-order valence-corrected chi connectivity index (χ3v) is 6.91. The Morgan fingerprint density at radius 2 is 1.74 bits per heavy atom. The van der Waals surface area contributed by atoms with Gasteiger partial charge in [0, 0.05) is 18.1 Å². The van der Waals surface area contributed by atoms with Crippen molar-refractivity contribution in [1.29, 1.82) is 0 Å². The summed E-state index contributed by atoms with van der Waals surface area (Å²) in [6.07, 6.45) is 2.72. The van der Waals surface area contributed by atoms with Crippen LogP contribution in [0.25, 0.3) is 0 Å². The Morgan fingerprint density at radius 1 is 1.04 bits per heavy atom. The van der Waals surface area contributed by atoms with Crippen LogP contribution in [-0.2, 0) is 21.2 Å². The Balaban J connectivity index is 1.92. The van der Waals surface area contributed by atoms with E-state index in [2.05, 4.69) is 5.32 Å². The van der Waals surface area contributed by atoms with Crippen molar-refractivity contribution in [2.24, 2.45) is 0 Å². The standard InChI is InChI=1S/C20H23ClN2O3S/c21-17-9-11-18(12-10-17)27(25,26)23(15-13-16-6-2-1-3-7-16)19-8-4-5-14-22-20(19)24/h1-3,6-7,9-12,19H,4-5,8,13-15H2,(H,22,24). The second-order valence-electron chi connectivity index (χ2n) is 6.61. The molecule has 27 heavy (non-hydrogen) atoms. The number of nitrogens with one attached hydrogen (secondary N) is 1. The van der Waals surface area contributed by atoms with E-state index < -0.39 is 16.1 Å². The molecule has 1 fully saturated rings. The van der Waals surface area contributed by atoms with Crippen LogP contribution >= 0.6 is 11.6 Å². The molecular weight excluding hydrogens is 384 g/mol. The second kappa shape index (κ2) is 8.87. The summed E-state index contributed by atoms with van der Waals surface area (Å²) in [6, 6.07) is 15.1. The van der Waals surface area contributed by atoms with Crippen molar-refractivity contribution < 1.29 is 13.2 Å². The first-order chi connectivity index (χ1) is 13.0. The number of carbonyl (C=O) groups is 1. The van der Waals surface area contributed by atoms with Crippen LogP contribution in [0.15, 0.2) is 59.5 Å². The van der Waals surface area contributed by atoms with E-state index in [1.807, 2.05) is 30.3 Å². The Kier molecular flexibility index (Phi) is 6.52. The summed E-state index contributed by atoms with van der Waals surface area (Å²) in [5.41, 5.74) is 1.03. The van der Waals surface area contributed by atoms with Crippen molar-refractivity contribution in [3.8, 4) is 0 Å². The predicted molar refractivity (Wildman–Crippen MR) is 106 cm³/mol. The lowest BCUT2D eigenvalue weighted by atomic mass is 10.1. The van der Waals surface area contributed by atoms with Gasteiger partial charge in [0.05, 0.1) is 4.90 Å². The lowest BCUT2D eigenvalue weighted by Crippen LogP contribution is -2.49. The third kappa shape index (κ3) is 4.89. The summed E-state index contributed by atoms with van der Waals surface area (Å²) in [4.78, 5) is 12.7. The van der Waals surface area contributed by atoms with Gasteiger partial charge in [-0.15, -0.1) is 0 Å². The first kappa shape index (κ1) is 19.9. The van der Waals surface area contributed by atoms with Crippen molar-refractivity contribution in [1.82, 2.24) is 9.62 Å². The van der Waals surface area contributed by atoms with Gasteiger partial charge in [-0.2, -0.15) is 4.31 Å². The fraction of sp³-hybridized carbons (Fsp3) is 0.350. The maximum atomic E-state index is 13.3. The van der Waals surface area contributed by atoms with Crippen LogP contribution in [0.1, 0.15) is 24.8 Å². The van der Waals surface area contributed by atoms with E-state index in [1.54, 1.807) is 12.1 Å². The van der Waals surface area contributed by atoms with Gasteiger partial charge in [-0.3, -0.25) is 4.79 Å². The van der Waals surface area contributed by atoms with Gasteiger partial charge in [-0.1, -0.05) is 41.9 Å². The predicted octanol–water partition coefficient (Wildman–Crippen LogP) is 3.24. The smallest absolute Gasteiger partial charge is 0.243 e. The maximum absolute atomic E-state index is 13.3. The second-order valence-corrected chi connectivity index (χ2v) is 8.93. The average Bonchev–Trinajstić information content (AvgIpc) is 2.88.